The summed E-state index contributed by atoms with van der Waals surface area (Å²) < 4.78 is 0. The van der Waals surface area contributed by atoms with Gasteiger partial charge >= 0.3 is 0 Å². The number of hydrogen-bond donors (Lipinski definition) is 0. The van der Waals surface area contributed by atoms with Gasteiger partial charge in [-0.1, -0.05) is 25.8 Å². The molecule has 116 valence electrons. The highest BCUT2D eigenvalue weighted by Crippen LogP contribution is 2.17. The molecule has 1 aromatic heterocycles. The van der Waals surface area contributed by atoms with Gasteiger partial charge in [0.25, 0.3) is 0 Å². The standard InChI is InChI=1S/C17H27N3O/c1-3-17(21)20(16-10-6-7-11-18-16)15(2)14-19-12-8-4-5-9-13-19/h6-7,10-11,15H,3-5,8-9,12-14H2,1-2H3. The summed E-state index contributed by atoms with van der Waals surface area (Å²) in [6, 6.07) is 5.91. The SMILES string of the molecule is CCC(=O)N(c1ccccn1)C(C)CN1CCCCCC1. The van der Waals surface area contributed by atoms with Crippen LogP contribution in [0.25, 0.3) is 0 Å². The topological polar surface area (TPSA) is 36.4 Å². The lowest BCUT2D eigenvalue weighted by Crippen LogP contribution is -2.46. The van der Waals surface area contributed by atoms with E-state index in [0.29, 0.717) is 6.42 Å². The van der Waals surface area contributed by atoms with Crippen molar-refractivity contribution >= 4 is 11.7 Å². The van der Waals surface area contributed by atoms with Gasteiger partial charge in [-0.2, -0.15) is 0 Å². The molecule has 0 radical (unpaired) electrons. The van der Waals surface area contributed by atoms with Crippen LogP contribution in [-0.2, 0) is 4.79 Å². The Morgan fingerprint density at radius 2 is 2.00 bits per heavy atom. The van der Waals surface area contributed by atoms with E-state index in [9.17, 15) is 4.79 Å². The largest absolute Gasteiger partial charge is 0.301 e. The van der Waals surface area contributed by atoms with E-state index in [1.165, 1.54) is 25.7 Å². The third-order valence-electron chi connectivity index (χ3n) is 4.13. The zero-order chi connectivity index (χ0) is 15.1. The van der Waals surface area contributed by atoms with Crippen molar-refractivity contribution in [1.82, 2.24) is 9.88 Å². The van der Waals surface area contributed by atoms with Crippen LogP contribution in [0.4, 0.5) is 5.82 Å². The smallest absolute Gasteiger partial charge is 0.228 e. The highest BCUT2D eigenvalue weighted by molar-refractivity contribution is 5.92. The van der Waals surface area contributed by atoms with Crippen LogP contribution >= 0.6 is 0 Å². The third-order valence-corrected chi connectivity index (χ3v) is 4.13. The van der Waals surface area contributed by atoms with Crippen LogP contribution in [0.15, 0.2) is 24.4 Å². The number of amides is 1. The van der Waals surface area contributed by atoms with Gasteiger partial charge in [0.1, 0.15) is 5.82 Å². The molecule has 1 aliphatic heterocycles. The highest BCUT2D eigenvalue weighted by Gasteiger charge is 2.23. The molecular formula is C17H27N3O. The minimum Gasteiger partial charge on any atom is -0.301 e. The summed E-state index contributed by atoms with van der Waals surface area (Å²) in [6.07, 6.45) is 7.49. The van der Waals surface area contributed by atoms with Gasteiger partial charge in [0, 0.05) is 25.2 Å². The summed E-state index contributed by atoms with van der Waals surface area (Å²) in [5.74, 6) is 0.919. The van der Waals surface area contributed by atoms with Crippen molar-refractivity contribution in [1.29, 1.82) is 0 Å². The molecule has 21 heavy (non-hydrogen) atoms. The van der Waals surface area contributed by atoms with Crippen molar-refractivity contribution in [2.45, 2.75) is 52.0 Å². The van der Waals surface area contributed by atoms with Gasteiger partial charge in [-0.05, 0) is 45.0 Å². The Labute approximate surface area is 128 Å². The molecule has 0 aliphatic carbocycles. The molecule has 0 bridgehead atoms. The summed E-state index contributed by atoms with van der Waals surface area (Å²) in [4.78, 5) is 21.1. The molecule has 2 rings (SSSR count). The lowest BCUT2D eigenvalue weighted by molar-refractivity contribution is -0.118. The number of rotatable bonds is 5. The maximum atomic E-state index is 12.3. The number of pyridine rings is 1. The van der Waals surface area contributed by atoms with Crippen molar-refractivity contribution in [2.75, 3.05) is 24.5 Å². The minimum atomic E-state index is 0.149. The molecule has 1 atom stereocenters. The van der Waals surface area contributed by atoms with Crippen LogP contribution in [-0.4, -0.2) is 41.5 Å². The second kappa shape index (κ2) is 8.13. The molecule has 1 unspecified atom stereocenters. The van der Waals surface area contributed by atoms with E-state index in [1.54, 1.807) is 6.20 Å². The predicted molar refractivity (Wildman–Crippen MR) is 86.4 cm³/mol. The van der Waals surface area contributed by atoms with E-state index in [4.69, 9.17) is 0 Å². The maximum Gasteiger partial charge on any atom is 0.228 e. The molecule has 0 aromatic carbocycles. The van der Waals surface area contributed by atoms with Gasteiger partial charge in [0.05, 0.1) is 0 Å². The Morgan fingerprint density at radius 1 is 1.29 bits per heavy atom. The van der Waals surface area contributed by atoms with Gasteiger partial charge in [-0.3, -0.25) is 9.69 Å². The normalized spacial score (nSPS) is 18.0. The number of likely N-dealkylation sites (tertiary alicyclic amines) is 1. The zero-order valence-electron chi connectivity index (χ0n) is 13.3. The zero-order valence-corrected chi connectivity index (χ0v) is 13.3. The second-order valence-electron chi connectivity index (χ2n) is 5.87. The van der Waals surface area contributed by atoms with Crippen LogP contribution in [0.1, 0.15) is 46.0 Å². The molecule has 2 heterocycles. The average molecular weight is 289 g/mol. The molecule has 1 saturated heterocycles. The minimum absolute atomic E-state index is 0.149. The van der Waals surface area contributed by atoms with Gasteiger partial charge in [-0.15, -0.1) is 0 Å². The number of aromatic nitrogens is 1. The Kier molecular flexibility index (Phi) is 6.18. The molecule has 1 aromatic rings. The molecular weight excluding hydrogens is 262 g/mol. The summed E-state index contributed by atoms with van der Waals surface area (Å²) >= 11 is 0. The molecule has 4 heteroatoms. The summed E-state index contributed by atoms with van der Waals surface area (Å²) in [7, 11) is 0. The van der Waals surface area contributed by atoms with Gasteiger partial charge in [0.2, 0.25) is 5.91 Å². The fourth-order valence-electron chi connectivity index (χ4n) is 3.04. The van der Waals surface area contributed by atoms with Gasteiger partial charge in [-0.25, -0.2) is 4.98 Å². The molecule has 0 saturated carbocycles. The Hall–Kier alpha value is -1.42. The van der Waals surface area contributed by atoms with E-state index in [0.717, 1.165) is 25.5 Å². The number of nitrogens with zero attached hydrogens (tertiary/aromatic N) is 3. The number of anilines is 1. The van der Waals surface area contributed by atoms with E-state index in [-0.39, 0.29) is 11.9 Å². The predicted octanol–water partition coefficient (Wildman–Crippen LogP) is 3.09. The number of carbonyl (C=O) groups is 1. The Balaban J connectivity index is 2.07. The van der Waals surface area contributed by atoms with E-state index >= 15 is 0 Å². The van der Waals surface area contributed by atoms with Crippen molar-refractivity contribution in [3.8, 4) is 0 Å². The quantitative estimate of drug-likeness (QED) is 0.836. The first-order valence-electron chi connectivity index (χ1n) is 8.17. The van der Waals surface area contributed by atoms with E-state index in [2.05, 4.69) is 16.8 Å². The van der Waals surface area contributed by atoms with Crippen molar-refractivity contribution in [2.24, 2.45) is 0 Å². The first kappa shape index (κ1) is 16.0. The molecule has 0 spiro atoms. The summed E-state index contributed by atoms with van der Waals surface area (Å²) in [5.41, 5.74) is 0. The van der Waals surface area contributed by atoms with E-state index < -0.39 is 0 Å². The van der Waals surface area contributed by atoms with Crippen LogP contribution in [0, 0.1) is 0 Å². The molecule has 1 fully saturated rings. The second-order valence-corrected chi connectivity index (χ2v) is 5.87. The lowest BCUT2D eigenvalue weighted by Gasteiger charge is -2.32. The fourth-order valence-corrected chi connectivity index (χ4v) is 3.04. The highest BCUT2D eigenvalue weighted by atomic mass is 16.2. The van der Waals surface area contributed by atoms with E-state index in [1.807, 2.05) is 30.0 Å². The van der Waals surface area contributed by atoms with Crippen molar-refractivity contribution in [3.05, 3.63) is 24.4 Å². The average Bonchev–Trinajstić information content (AvgIpc) is 2.77. The number of hydrogen-bond acceptors (Lipinski definition) is 3. The maximum absolute atomic E-state index is 12.3. The first-order chi connectivity index (χ1) is 10.2. The van der Waals surface area contributed by atoms with Crippen molar-refractivity contribution < 1.29 is 4.79 Å². The number of carbonyl (C=O) groups excluding carboxylic acids is 1. The van der Waals surface area contributed by atoms with Gasteiger partial charge in [0.15, 0.2) is 0 Å². The summed E-state index contributed by atoms with van der Waals surface area (Å²) in [6.45, 7) is 7.29. The van der Waals surface area contributed by atoms with Gasteiger partial charge < -0.3 is 4.90 Å². The molecule has 1 aliphatic rings. The van der Waals surface area contributed by atoms with Crippen LogP contribution in [0.2, 0.25) is 0 Å². The first-order valence-corrected chi connectivity index (χ1v) is 8.17. The summed E-state index contributed by atoms with van der Waals surface area (Å²) in [5, 5.41) is 0. The van der Waals surface area contributed by atoms with Crippen molar-refractivity contribution in [3.63, 3.8) is 0 Å². The molecule has 1 amide bonds. The monoisotopic (exact) mass is 289 g/mol. The Morgan fingerprint density at radius 3 is 2.57 bits per heavy atom. The molecule has 4 nitrogen and oxygen atoms in total. The Bertz CT molecular complexity index is 427. The van der Waals surface area contributed by atoms with Crippen LogP contribution in [0.3, 0.4) is 0 Å². The fraction of sp³-hybridized carbons (Fsp3) is 0.647. The lowest BCUT2D eigenvalue weighted by atomic mass is 10.2. The molecule has 0 N–H and O–H groups in total. The van der Waals surface area contributed by atoms with Crippen LogP contribution < -0.4 is 4.90 Å². The third kappa shape index (κ3) is 4.53. The van der Waals surface area contributed by atoms with Crippen LogP contribution in [0.5, 0.6) is 0 Å².